The van der Waals surface area contributed by atoms with Crippen LogP contribution in [0.2, 0.25) is 0 Å². The van der Waals surface area contributed by atoms with Crippen molar-refractivity contribution in [2.45, 2.75) is 30.4 Å². The molecule has 0 aliphatic rings. The number of rotatable bonds is 6. The Labute approximate surface area is 141 Å². The highest BCUT2D eigenvalue weighted by atomic mass is 31.2. The summed E-state index contributed by atoms with van der Waals surface area (Å²) in [4.78, 5) is 28.6. The average Bonchev–Trinajstić information content (AvgIpc) is 2.41. The summed E-state index contributed by atoms with van der Waals surface area (Å²) in [5.41, 5.74) is -1.88. The van der Waals surface area contributed by atoms with Crippen molar-refractivity contribution >= 4 is 13.3 Å². The summed E-state index contributed by atoms with van der Waals surface area (Å²) in [5, 5.41) is 7.09. The Morgan fingerprint density at radius 1 is 1.12 bits per heavy atom. The molecule has 0 aliphatic carbocycles. The maximum Gasteiger partial charge on any atom is 0.390 e. The molecule has 0 saturated carbocycles. The molecule has 148 valence electrons. The summed E-state index contributed by atoms with van der Waals surface area (Å²) in [6.45, 7) is 0. The highest BCUT2D eigenvalue weighted by Crippen LogP contribution is 2.65. The van der Waals surface area contributed by atoms with Crippen molar-refractivity contribution in [3.05, 3.63) is 33.9 Å². The van der Waals surface area contributed by atoms with E-state index in [4.69, 9.17) is 0 Å². The van der Waals surface area contributed by atoms with Gasteiger partial charge in [0, 0.05) is 6.07 Å². The van der Waals surface area contributed by atoms with Crippen LogP contribution in [0.5, 0.6) is 5.75 Å². The third kappa shape index (κ3) is 5.08. The van der Waals surface area contributed by atoms with Gasteiger partial charge in [-0.25, -0.2) is 0 Å². The van der Waals surface area contributed by atoms with Gasteiger partial charge in [0.25, 0.3) is 0 Å². The number of nitrogens with zero attached hydrogens (tertiary/aromatic N) is 1. The van der Waals surface area contributed by atoms with Gasteiger partial charge in [-0.15, -0.1) is 0 Å². The minimum atomic E-state index is -6.06. The minimum Gasteiger partial charge on any atom is -0.490 e. The molecule has 7 nitrogen and oxygen atoms in total. The van der Waals surface area contributed by atoms with Crippen LogP contribution in [0.4, 0.5) is 32.0 Å². The van der Waals surface area contributed by atoms with Crippen LogP contribution in [-0.4, -0.2) is 34.2 Å². The normalized spacial score (nSPS) is 13.6. The number of benzene rings is 1. The maximum atomic E-state index is 12.9. The first-order chi connectivity index (χ1) is 11.5. The van der Waals surface area contributed by atoms with Crippen molar-refractivity contribution in [2.24, 2.45) is 0 Å². The van der Waals surface area contributed by atoms with Crippen molar-refractivity contribution in [3.63, 3.8) is 0 Å². The number of hydrogen-bond donors (Lipinski definition) is 2. The first-order valence-corrected chi connectivity index (χ1v) is 8.16. The monoisotopic (exact) mass is 411 g/mol. The number of nitro benzene ring substituents is 1. The second-order valence-electron chi connectivity index (χ2n) is 5.30. The van der Waals surface area contributed by atoms with Crippen molar-refractivity contribution < 1.29 is 50.4 Å². The molecular formula is C12H12F6NO6P. The van der Waals surface area contributed by atoms with Crippen LogP contribution in [0.3, 0.4) is 0 Å². The third-order valence-corrected chi connectivity index (χ3v) is 5.15. The summed E-state index contributed by atoms with van der Waals surface area (Å²) in [6.07, 6.45) is -15.7. The molecule has 0 aliphatic heterocycles. The van der Waals surface area contributed by atoms with E-state index in [1.54, 1.807) is 0 Å². The van der Waals surface area contributed by atoms with Crippen LogP contribution in [0.1, 0.15) is 18.4 Å². The number of ether oxygens (including phenoxy) is 1. The Kier molecular flexibility index (Phi) is 6.01. The molecule has 0 saturated heterocycles. The molecule has 1 aromatic carbocycles. The van der Waals surface area contributed by atoms with Gasteiger partial charge in [-0.1, -0.05) is 6.07 Å². The molecule has 2 N–H and O–H groups in total. The standard InChI is InChI=1S/C12H12F6NO6P/c1-25-9-4-7(2-3-8(9)19(20)21)10(26(22,23)24,5-11(13,14)15)6-12(16,17)18/h2-4H,5-6H2,1H3,(H2,22,23,24). The zero-order valence-electron chi connectivity index (χ0n) is 12.8. The summed E-state index contributed by atoms with van der Waals surface area (Å²) in [7, 11) is -5.20. The fourth-order valence-electron chi connectivity index (χ4n) is 2.42. The summed E-state index contributed by atoms with van der Waals surface area (Å²) < 4.78 is 93.6. The lowest BCUT2D eigenvalue weighted by Crippen LogP contribution is -2.37. The minimum absolute atomic E-state index is 0.398. The van der Waals surface area contributed by atoms with Gasteiger partial charge in [0.2, 0.25) is 0 Å². The van der Waals surface area contributed by atoms with E-state index in [0.29, 0.717) is 18.2 Å². The molecule has 1 aromatic rings. The molecule has 14 heteroatoms. The van der Waals surface area contributed by atoms with Gasteiger partial charge in [-0.05, 0) is 11.6 Å². The van der Waals surface area contributed by atoms with Crippen LogP contribution in [-0.2, 0) is 9.72 Å². The second kappa shape index (κ2) is 7.05. The molecule has 0 atom stereocenters. The van der Waals surface area contributed by atoms with E-state index in [1.165, 1.54) is 0 Å². The Bertz CT molecular complexity index is 712. The van der Waals surface area contributed by atoms with Crippen LogP contribution in [0.15, 0.2) is 18.2 Å². The molecule has 0 radical (unpaired) electrons. The van der Waals surface area contributed by atoms with E-state index in [9.17, 15) is 50.8 Å². The van der Waals surface area contributed by atoms with Crippen molar-refractivity contribution in [2.75, 3.05) is 7.11 Å². The van der Waals surface area contributed by atoms with Crippen LogP contribution >= 0.6 is 7.60 Å². The fourth-order valence-corrected chi connectivity index (χ4v) is 3.67. The zero-order valence-corrected chi connectivity index (χ0v) is 13.7. The van der Waals surface area contributed by atoms with E-state index in [0.717, 1.165) is 7.11 Å². The van der Waals surface area contributed by atoms with Gasteiger partial charge in [-0.3, -0.25) is 14.7 Å². The van der Waals surface area contributed by atoms with Gasteiger partial charge in [-0.2, -0.15) is 26.3 Å². The van der Waals surface area contributed by atoms with E-state index in [2.05, 4.69) is 4.74 Å². The summed E-state index contributed by atoms with van der Waals surface area (Å²) in [5.74, 6) is -0.741. The molecule has 26 heavy (non-hydrogen) atoms. The van der Waals surface area contributed by atoms with Crippen molar-refractivity contribution in [1.82, 2.24) is 0 Å². The molecular weight excluding hydrogens is 399 g/mol. The summed E-state index contributed by atoms with van der Waals surface area (Å²) in [6, 6.07) is 1.36. The molecule has 0 heterocycles. The summed E-state index contributed by atoms with van der Waals surface area (Å²) >= 11 is 0. The first kappa shape index (κ1) is 22.2. The second-order valence-corrected chi connectivity index (χ2v) is 7.25. The number of hydrogen-bond acceptors (Lipinski definition) is 4. The van der Waals surface area contributed by atoms with Gasteiger partial charge < -0.3 is 14.5 Å². The third-order valence-electron chi connectivity index (χ3n) is 3.46. The highest BCUT2D eigenvalue weighted by Gasteiger charge is 2.59. The number of halogens is 6. The number of nitro groups is 1. The van der Waals surface area contributed by atoms with E-state index >= 15 is 0 Å². The fraction of sp³-hybridized carbons (Fsp3) is 0.500. The number of alkyl halides is 6. The van der Waals surface area contributed by atoms with Crippen LogP contribution in [0.25, 0.3) is 0 Å². The van der Waals surface area contributed by atoms with Crippen molar-refractivity contribution in [1.29, 1.82) is 0 Å². The predicted octanol–water partition coefficient (Wildman–Crippen LogP) is 3.88. The quantitative estimate of drug-likeness (QED) is 0.318. The average molecular weight is 411 g/mol. The lowest BCUT2D eigenvalue weighted by molar-refractivity contribution is -0.385. The van der Waals surface area contributed by atoms with Gasteiger partial charge in [0.05, 0.1) is 24.9 Å². The van der Waals surface area contributed by atoms with Gasteiger partial charge >= 0.3 is 25.6 Å². The molecule has 0 amide bonds. The van der Waals surface area contributed by atoms with Crippen LogP contribution in [0, 0.1) is 10.1 Å². The Morgan fingerprint density at radius 3 is 1.88 bits per heavy atom. The number of methoxy groups -OCH3 is 1. The largest absolute Gasteiger partial charge is 0.490 e. The molecule has 0 spiro atoms. The molecule has 0 fully saturated rings. The lowest BCUT2D eigenvalue weighted by Gasteiger charge is -2.36. The predicted molar refractivity (Wildman–Crippen MR) is 74.7 cm³/mol. The lowest BCUT2D eigenvalue weighted by atomic mass is 9.90. The zero-order chi connectivity index (χ0) is 20.6. The van der Waals surface area contributed by atoms with E-state index in [1.807, 2.05) is 0 Å². The van der Waals surface area contributed by atoms with Gasteiger partial charge in [0.15, 0.2) is 5.75 Å². The van der Waals surface area contributed by atoms with E-state index < -0.39 is 59.9 Å². The maximum absolute atomic E-state index is 12.9. The van der Waals surface area contributed by atoms with Crippen LogP contribution < -0.4 is 4.74 Å². The van der Waals surface area contributed by atoms with E-state index in [-0.39, 0.29) is 0 Å². The Hall–Kier alpha value is -1.85. The smallest absolute Gasteiger partial charge is 0.390 e. The SMILES string of the molecule is COc1cc(C(CC(F)(F)F)(CC(F)(F)F)P(=O)(O)O)ccc1[N+](=O)[O-]. The topological polar surface area (TPSA) is 110 Å². The van der Waals surface area contributed by atoms with Crippen molar-refractivity contribution in [3.8, 4) is 5.75 Å². The highest BCUT2D eigenvalue weighted by molar-refractivity contribution is 7.53. The Balaban J connectivity index is 3.78. The van der Waals surface area contributed by atoms with Gasteiger partial charge in [0.1, 0.15) is 5.16 Å². The molecule has 1 rings (SSSR count). The molecule has 0 unspecified atom stereocenters. The first-order valence-electron chi connectivity index (χ1n) is 6.54. The Morgan fingerprint density at radius 2 is 1.58 bits per heavy atom. The molecule has 0 aromatic heterocycles. The molecule has 0 bridgehead atoms.